The summed E-state index contributed by atoms with van der Waals surface area (Å²) in [6.45, 7) is 0.657. The Morgan fingerprint density at radius 2 is 2.15 bits per heavy atom. The molecule has 1 N–H and O–H groups in total. The van der Waals surface area contributed by atoms with Crippen molar-refractivity contribution in [3.63, 3.8) is 0 Å². The summed E-state index contributed by atoms with van der Waals surface area (Å²) in [5.41, 5.74) is -0.119. The number of benzene rings is 1. The number of Topliss-reactive ketones (excluding diaryl/α,β-unsaturated/α-hetero) is 1. The van der Waals surface area contributed by atoms with E-state index in [2.05, 4.69) is 5.32 Å². The van der Waals surface area contributed by atoms with E-state index in [0.29, 0.717) is 0 Å². The maximum Gasteiger partial charge on any atom is 0.307 e. The molecule has 0 bridgehead atoms. The molecule has 2 rings (SSSR count). The van der Waals surface area contributed by atoms with E-state index < -0.39 is 47.6 Å². The molecule has 1 aromatic rings. The van der Waals surface area contributed by atoms with Crippen LogP contribution in [0.2, 0.25) is 5.02 Å². The molecular weight excluding hydrogens is 383 g/mol. The number of carbonyl (C=O) groups is 3. The zero-order valence-electron chi connectivity index (χ0n) is 14.4. The predicted molar refractivity (Wildman–Crippen MR) is 93.2 cm³/mol. The number of anilines is 1. The van der Waals surface area contributed by atoms with Crippen LogP contribution in [0, 0.1) is 33.7 Å². The van der Waals surface area contributed by atoms with Crippen LogP contribution in [0.15, 0.2) is 18.2 Å². The quantitative estimate of drug-likeness (QED) is 0.427. The SMILES string of the molecule is C[C@H]1CC(=O)[C@H](CC(=O)OCC(=O)Nc2ccc(Cl)cc2F)[C@@H]1C[N+](=O)[O-]. The summed E-state index contributed by atoms with van der Waals surface area (Å²) in [6.07, 6.45) is -0.156. The van der Waals surface area contributed by atoms with Crippen LogP contribution >= 0.6 is 11.6 Å². The molecular formula is C17H18ClFN2O6. The van der Waals surface area contributed by atoms with Gasteiger partial charge in [0.15, 0.2) is 6.61 Å². The number of rotatable bonds is 7. The van der Waals surface area contributed by atoms with Gasteiger partial charge in [-0.1, -0.05) is 18.5 Å². The highest BCUT2D eigenvalue weighted by molar-refractivity contribution is 6.30. The van der Waals surface area contributed by atoms with E-state index in [1.807, 2.05) is 0 Å². The number of ketones is 1. The highest BCUT2D eigenvalue weighted by atomic mass is 35.5. The van der Waals surface area contributed by atoms with Gasteiger partial charge in [-0.3, -0.25) is 24.5 Å². The third kappa shape index (κ3) is 5.72. The summed E-state index contributed by atoms with van der Waals surface area (Å²) < 4.78 is 18.4. The molecule has 0 aliphatic heterocycles. The second-order valence-corrected chi connectivity index (χ2v) is 6.91. The Bertz CT molecular complexity index is 772. The van der Waals surface area contributed by atoms with Crippen LogP contribution in [-0.2, 0) is 19.1 Å². The van der Waals surface area contributed by atoms with E-state index in [1.54, 1.807) is 6.92 Å². The van der Waals surface area contributed by atoms with E-state index in [9.17, 15) is 28.9 Å². The molecule has 1 aliphatic rings. The molecule has 10 heteroatoms. The monoisotopic (exact) mass is 400 g/mol. The Morgan fingerprint density at radius 3 is 2.78 bits per heavy atom. The normalized spacial score (nSPS) is 21.7. The van der Waals surface area contributed by atoms with Crippen molar-refractivity contribution < 1.29 is 28.4 Å². The van der Waals surface area contributed by atoms with Gasteiger partial charge in [-0.2, -0.15) is 0 Å². The fourth-order valence-electron chi connectivity index (χ4n) is 3.16. The van der Waals surface area contributed by atoms with Gasteiger partial charge in [0.05, 0.1) is 12.1 Å². The van der Waals surface area contributed by atoms with Gasteiger partial charge >= 0.3 is 5.97 Å². The molecule has 1 aliphatic carbocycles. The average Bonchev–Trinajstić information content (AvgIpc) is 2.82. The molecule has 146 valence electrons. The van der Waals surface area contributed by atoms with Crippen molar-refractivity contribution in [1.29, 1.82) is 0 Å². The van der Waals surface area contributed by atoms with Gasteiger partial charge in [0, 0.05) is 28.2 Å². The van der Waals surface area contributed by atoms with Crippen LogP contribution in [0.4, 0.5) is 10.1 Å². The summed E-state index contributed by atoms with van der Waals surface area (Å²) >= 11 is 5.61. The Kier molecular flexibility index (Phi) is 6.84. The summed E-state index contributed by atoms with van der Waals surface area (Å²) in [7, 11) is 0. The number of esters is 1. The number of amides is 1. The topological polar surface area (TPSA) is 116 Å². The lowest BCUT2D eigenvalue weighted by molar-refractivity contribution is -0.490. The number of halogens is 2. The zero-order chi connectivity index (χ0) is 20.1. The highest BCUT2D eigenvalue weighted by Crippen LogP contribution is 2.36. The van der Waals surface area contributed by atoms with E-state index in [1.165, 1.54) is 12.1 Å². The zero-order valence-corrected chi connectivity index (χ0v) is 15.2. The van der Waals surface area contributed by atoms with Crippen LogP contribution in [0.3, 0.4) is 0 Å². The first-order valence-electron chi connectivity index (χ1n) is 8.22. The van der Waals surface area contributed by atoms with Gasteiger partial charge in [-0.15, -0.1) is 0 Å². The third-order valence-corrected chi connectivity index (χ3v) is 4.74. The molecule has 0 heterocycles. The van der Waals surface area contributed by atoms with Gasteiger partial charge in [-0.05, 0) is 24.1 Å². The molecule has 8 nitrogen and oxygen atoms in total. The lowest BCUT2D eigenvalue weighted by Crippen LogP contribution is -2.28. The molecule has 27 heavy (non-hydrogen) atoms. The number of nitrogens with one attached hydrogen (secondary N) is 1. The summed E-state index contributed by atoms with van der Waals surface area (Å²) in [6, 6.07) is 3.66. The van der Waals surface area contributed by atoms with Gasteiger partial charge in [0.25, 0.3) is 5.91 Å². The summed E-state index contributed by atoms with van der Waals surface area (Å²) in [5, 5.41) is 13.2. The van der Waals surface area contributed by atoms with E-state index >= 15 is 0 Å². The van der Waals surface area contributed by atoms with Crippen molar-refractivity contribution in [1.82, 2.24) is 0 Å². The Hall–Kier alpha value is -2.55. The van der Waals surface area contributed by atoms with Crippen LogP contribution in [0.25, 0.3) is 0 Å². The highest BCUT2D eigenvalue weighted by Gasteiger charge is 2.44. The molecule has 3 atom stereocenters. The fraction of sp³-hybridized carbons (Fsp3) is 0.471. The smallest absolute Gasteiger partial charge is 0.307 e. The maximum atomic E-state index is 13.6. The molecule has 1 aromatic carbocycles. The van der Waals surface area contributed by atoms with Gasteiger partial charge < -0.3 is 10.1 Å². The van der Waals surface area contributed by atoms with Crippen molar-refractivity contribution in [2.24, 2.45) is 17.8 Å². The van der Waals surface area contributed by atoms with Crippen LogP contribution in [0.1, 0.15) is 19.8 Å². The number of nitrogens with zero attached hydrogens (tertiary/aromatic N) is 1. The molecule has 1 amide bonds. The molecule has 0 saturated heterocycles. The number of ether oxygens (including phenoxy) is 1. The number of hydrogen-bond donors (Lipinski definition) is 1. The van der Waals surface area contributed by atoms with Crippen LogP contribution in [0.5, 0.6) is 0 Å². The third-order valence-electron chi connectivity index (χ3n) is 4.50. The standard InChI is InChI=1S/C17H18ClFN2O6/c1-9-4-15(22)11(12(9)7-21(25)26)6-17(24)27-8-16(23)20-14-3-2-10(18)5-13(14)19/h2-3,5,9,11-12H,4,6-8H2,1H3,(H,20,23)/t9-,11+,12+/m0/s1. The second kappa shape index (κ2) is 8.90. The molecule has 0 unspecified atom stereocenters. The van der Waals surface area contributed by atoms with Gasteiger partial charge in [-0.25, -0.2) is 4.39 Å². The first kappa shape index (κ1) is 20.8. The number of nitro groups is 1. The number of hydrogen-bond acceptors (Lipinski definition) is 6. The van der Waals surface area contributed by atoms with E-state index in [0.717, 1.165) is 6.07 Å². The largest absolute Gasteiger partial charge is 0.456 e. The Balaban J connectivity index is 1.86. The van der Waals surface area contributed by atoms with Crippen molar-refractivity contribution in [2.75, 3.05) is 18.5 Å². The van der Waals surface area contributed by atoms with Gasteiger partial charge in [0.2, 0.25) is 6.54 Å². The minimum Gasteiger partial charge on any atom is -0.456 e. The van der Waals surface area contributed by atoms with Crippen molar-refractivity contribution in [2.45, 2.75) is 19.8 Å². The second-order valence-electron chi connectivity index (χ2n) is 6.47. The van der Waals surface area contributed by atoms with Crippen molar-refractivity contribution in [3.8, 4) is 0 Å². The number of carbonyl (C=O) groups excluding carboxylic acids is 3. The van der Waals surface area contributed by atoms with Gasteiger partial charge in [0.1, 0.15) is 11.6 Å². The molecule has 0 aromatic heterocycles. The lowest BCUT2D eigenvalue weighted by atomic mass is 9.88. The average molecular weight is 401 g/mol. The first-order chi connectivity index (χ1) is 12.7. The minimum atomic E-state index is -0.817. The van der Waals surface area contributed by atoms with Crippen molar-refractivity contribution in [3.05, 3.63) is 39.2 Å². The Morgan fingerprint density at radius 1 is 1.44 bits per heavy atom. The summed E-state index contributed by atoms with van der Waals surface area (Å²) in [4.78, 5) is 46.0. The van der Waals surface area contributed by atoms with Crippen LogP contribution < -0.4 is 5.32 Å². The predicted octanol–water partition coefficient (Wildman–Crippen LogP) is 2.47. The lowest BCUT2D eigenvalue weighted by Gasteiger charge is -2.17. The maximum absolute atomic E-state index is 13.6. The molecule has 0 radical (unpaired) electrons. The van der Waals surface area contributed by atoms with Crippen molar-refractivity contribution >= 4 is 34.9 Å². The summed E-state index contributed by atoms with van der Waals surface area (Å²) in [5.74, 6) is -4.09. The van der Waals surface area contributed by atoms with E-state index in [4.69, 9.17) is 16.3 Å². The minimum absolute atomic E-state index is 0.119. The Labute approximate surface area is 159 Å². The molecule has 0 spiro atoms. The van der Waals surface area contributed by atoms with Crippen LogP contribution in [-0.4, -0.2) is 35.7 Å². The first-order valence-corrected chi connectivity index (χ1v) is 8.60. The fourth-order valence-corrected chi connectivity index (χ4v) is 3.32. The molecule has 1 saturated carbocycles. The van der Waals surface area contributed by atoms with E-state index in [-0.39, 0.29) is 35.3 Å². The molecule has 1 fully saturated rings.